The lowest BCUT2D eigenvalue weighted by atomic mass is 10.2. The number of aliphatic hydroxyl groups excluding tert-OH is 1. The van der Waals surface area contributed by atoms with Crippen LogP contribution in [0.5, 0.6) is 0 Å². The summed E-state index contributed by atoms with van der Waals surface area (Å²) in [5.41, 5.74) is 0. The number of hydrogen-bond donors (Lipinski definition) is 2. The quantitative estimate of drug-likeness (QED) is 0.765. The van der Waals surface area contributed by atoms with Crippen LogP contribution in [0.25, 0.3) is 0 Å². The highest BCUT2D eigenvalue weighted by Gasteiger charge is 2.23. The van der Waals surface area contributed by atoms with Gasteiger partial charge in [0.15, 0.2) is 0 Å². The molecule has 1 aliphatic rings. The van der Waals surface area contributed by atoms with Gasteiger partial charge >= 0.3 is 0 Å². The standard InChI is InChI=1S/C13H24N4OS/c1-2-7-14-13-16-15-12(19-13)10-17(8-9-18)11-5-3-4-6-11/h11,18H,2-10H2,1H3,(H,14,16). The Morgan fingerprint density at radius 2 is 2.16 bits per heavy atom. The Morgan fingerprint density at radius 3 is 2.84 bits per heavy atom. The molecule has 1 aromatic heterocycles. The highest BCUT2D eigenvalue weighted by Crippen LogP contribution is 2.26. The maximum atomic E-state index is 9.21. The highest BCUT2D eigenvalue weighted by atomic mass is 32.1. The van der Waals surface area contributed by atoms with Crippen molar-refractivity contribution in [1.29, 1.82) is 0 Å². The topological polar surface area (TPSA) is 61.3 Å². The lowest BCUT2D eigenvalue weighted by Crippen LogP contribution is -2.35. The zero-order valence-electron chi connectivity index (χ0n) is 11.6. The fraction of sp³-hybridized carbons (Fsp3) is 0.846. The number of aromatic nitrogens is 2. The van der Waals surface area contributed by atoms with Gasteiger partial charge < -0.3 is 10.4 Å². The average molecular weight is 284 g/mol. The summed E-state index contributed by atoms with van der Waals surface area (Å²) in [6.45, 7) is 4.85. The van der Waals surface area contributed by atoms with Gasteiger partial charge in [-0.25, -0.2) is 0 Å². The first-order valence-electron chi connectivity index (χ1n) is 7.24. The van der Waals surface area contributed by atoms with E-state index in [-0.39, 0.29) is 6.61 Å². The molecule has 2 rings (SSSR count). The Morgan fingerprint density at radius 1 is 1.37 bits per heavy atom. The van der Waals surface area contributed by atoms with Gasteiger partial charge in [0, 0.05) is 19.1 Å². The van der Waals surface area contributed by atoms with Gasteiger partial charge in [-0.2, -0.15) is 0 Å². The number of anilines is 1. The maximum Gasteiger partial charge on any atom is 0.205 e. The number of rotatable bonds is 8. The fourth-order valence-electron chi connectivity index (χ4n) is 2.58. The smallest absolute Gasteiger partial charge is 0.205 e. The molecule has 0 aromatic carbocycles. The lowest BCUT2D eigenvalue weighted by Gasteiger charge is -2.26. The van der Waals surface area contributed by atoms with Crippen LogP contribution in [0.3, 0.4) is 0 Å². The van der Waals surface area contributed by atoms with E-state index in [1.807, 2.05) is 0 Å². The SMILES string of the molecule is CCCNc1nnc(CN(CCO)C2CCCC2)s1. The minimum absolute atomic E-state index is 0.218. The van der Waals surface area contributed by atoms with Crippen molar-refractivity contribution in [3.05, 3.63) is 5.01 Å². The number of aliphatic hydroxyl groups is 1. The monoisotopic (exact) mass is 284 g/mol. The Bertz CT molecular complexity index is 365. The van der Waals surface area contributed by atoms with Gasteiger partial charge in [-0.1, -0.05) is 31.1 Å². The average Bonchev–Trinajstić information content (AvgIpc) is 3.07. The first-order valence-corrected chi connectivity index (χ1v) is 8.06. The van der Waals surface area contributed by atoms with Crippen LogP contribution in [0.4, 0.5) is 5.13 Å². The van der Waals surface area contributed by atoms with Crippen molar-refractivity contribution in [2.75, 3.05) is 25.0 Å². The van der Waals surface area contributed by atoms with Crippen LogP contribution in [-0.2, 0) is 6.54 Å². The molecule has 0 amide bonds. The van der Waals surface area contributed by atoms with E-state index in [1.54, 1.807) is 11.3 Å². The third-order valence-electron chi connectivity index (χ3n) is 3.56. The first-order chi connectivity index (χ1) is 9.33. The molecular weight excluding hydrogens is 260 g/mol. The summed E-state index contributed by atoms with van der Waals surface area (Å²) in [5, 5.41) is 22.8. The lowest BCUT2D eigenvalue weighted by molar-refractivity contribution is 0.144. The summed E-state index contributed by atoms with van der Waals surface area (Å²) in [6, 6.07) is 0.614. The minimum atomic E-state index is 0.218. The molecule has 1 saturated carbocycles. The van der Waals surface area contributed by atoms with Crippen LogP contribution in [0.15, 0.2) is 0 Å². The van der Waals surface area contributed by atoms with Crippen molar-refractivity contribution < 1.29 is 5.11 Å². The predicted octanol–water partition coefficient (Wildman–Crippen LogP) is 2.10. The summed E-state index contributed by atoms with van der Waals surface area (Å²) in [6.07, 6.45) is 6.21. The third kappa shape index (κ3) is 4.40. The molecule has 0 radical (unpaired) electrons. The van der Waals surface area contributed by atoms with Crippen LogP contribution in [-0.4, -0.2) is 45.9 Å². The van der Waals surface area contributed by atoms with Gasteiger partial charge in [-0.3, -0.25) is 4.90 Å². The van der Waals surface area contributed by atoms with Crippen molar-refractivity contribution in [3.63, 3.8) is 0 Å². The second-order valence-corrected chi connectivity index (χ2v) is 6.12. The molecule has 1 aromatic rings. The Labute approximate surface area is 119 Å². The van der Waals surface area contributed by atoms with Gasteiger partial charge in [0.1, 0.15) is 5.01 Å². The van der Waals surface area contributed by atoms with Crippen LogP contribution in [0.1, 0.15) is 44.0 Å². The third-order valence-corrected chi connectivity index (χ3v) is 4.43. The van der Waals surface area contributed by atoms with E-state index in [1.165, 1.54) is 25.7 Å². The molecule has 2 N–H and O–H groups in total. The molecule has 1 fully saturated rings. The molecule has 0 aliphatic heterocycles. The van der Waals surface area contributed by atoms with E-state index in [4.69, 9.17) is 0 Å². The number of nitrogens with zero attached hydrogens (tertiary/aromatic N) is 3. The normalized spacial score (nSPS) is 16.4. The molecule has 0 atom stereocenters. The van der Waals surface area contributed by atoms with E-state index >= 15 is 0 Å². The number of nitrogens with one attached hydrogen (secondary N) is 1. The van der Waals surface area contributed by atoms with E-state index in [2.05, 4.69) is 27.3 Å². The predicted molar refractivity (Wildman–Crippen MR) is 78.4 cm³/mol. The molecule has 0 unspecified atom stereocenters. The van der Waals surface area contributed by atoms with Crippen LogP contribution < -0.4 is 5.32 Å². The van der Waals surface area contributed by atoms with Crippen molar-refractivity contribution in [1.82, 2.24) is 15.1 Å². The summed E-state index contributed by atoms with van der Waals surface area (Å²) in [4.78, 5) is 2.36. The molecule has 0 bridgehead atoms. The van der Waals surface area contributed by atoms with E-state index < -0.39 is 0 Å². The molecule has 0 spiro atoms. The second kappa shape index (κ2) is 7.77. The Balaban J connectivity index is 1.90. The fourth-order valence-corrected chi connectivity index (χ4v) is 3.37. The summed E-state index contributed by atoms with van der Waals surface area (Å²) < 4.78 is 0. The van der Waals surface area contributed by atoms with Crippen LogP contribution >= 0.6 is 11.3 Å². The maximum absolute atomic E-state index is 9.21. The van der Waals surface area contributed by atoms with Crippen LogP contribution in [0.2, 0.25) is 0 Å². The zero-order chi connectivity index (χ0) is 13.5. The van der Waals surface area contributed by atoms with E-state index in [0.717, 1.165) is 36.2 Å². The van der Waals surface area contributed by atoms with Gasteiger partial charge in [0.2, 0.25) is 5.13 Å². The van der Waals surface area contributed by atoms with Crippen molar-refractivity contribution in [2.24, 2.45) is 0 Å². The molecule has 0 saturated heterocycles. The number of hydrogen-bond acceptors (Lipinski definition) is 6. The highest BCUT2D eigenvalue weighted by molar-refractivity contribution is 7.15. The molecule has 5 nitrogen and oxygen atoms in total. The zero-order valence-corrected chi connectivity index (χ0v) is 12.5. The Kier molecular flexibility index (Phi) is 6.00. The summed E-state index contributed by atoms with van der Waals surface area (Å²) >= 11 is 1.63. The largest absolute Gasteiger partial charge is 0.395 e. The van der Waals surface area contributed by atoms with Gasteiger partial charge in [-0.05, 0) is 19.3 Å². The van der Waals surface area contributed by atoms with Crippen molar-refractivity contribution >= 4 is 16.5 Å². The van der Waals surface area contributed by atoms with Crippen molar-refractivity contribution in [3.8, 4) is 0 Å². The molecule has 19 heavy (non-hydrogen) atoms. The van der Waals surface area contributed by atoms with Gasteiger partial charge in [-0.15, -0.1) is 10.2 Å². The first kappa shape index (κ1) is 14.7. The molecular formula is C13H24N4OS. The molecule has 108 valence electrons. The molecule has 6 heteroatoms. The summed E-state index contributed by atoms with van der Waals surface area (Å²) in [5.74, 6) is 0. The second-order valence-electron chi connectivity index (χ2n) is 5.06. The van der Waals surface area contributed by atoms with Crippen molar-refractivity contribution in [2.45, 2.75) is 51.6 Å². The Hall–Kier alpha value is -0.720. The minimum Gasteiger partial charge on any atom is -0.395 e. The van der Waals surface area contributed by atoms with Crippen LogP contribution in [0, 0.1) is 0 Å². The van der Waals surface area contributed by atoms with Gasteiger partial charge in [0.05, 0.1) is 13.2 Å². The molecule has 1 aliphatic carbocycles. The van der Waals surface area contributed by atoms with E-state index in [9.17, 15) is 5.11 Å². The summed E-state index contributed by atoms with van der Waals surface area (Å²) in [7, 11) is 0. The van der Waals surface area contributed by atoms with E-state index in [0.29, 0.717) is 6.04 Å². The molecule has 1 heterocycles. The van der Waals surface area contributed by atoms with Gasteiger partial charge in [0.25, 0.3) is 0 Å².